The van der Waals surface area contributed by atoms with Gasteiger partial charge in [0.15, 0.2) is 5.15 Å². The number of nitrogens with one attached hydrogen (secondary N) is 1. The molecule has 4 aromatic rings. The van der Waals surface area contributed by atoms with E-state index in [-0.39, 0.29) is 39.8 Å². The Labute approximate surface area is 206 Å². The topological polar surface area (TPSA) is 154 Å². The number of aliphatic carboxylic acids is 1. The van der Waals surface area contributed by atoms with Crippen LogP contribution in [0, 0.1) is 11.8 Å². The van der Waals surface area contributed by atoms with E-state index in [0.717, 1.165) is 0 Å². The largest absolute Gasteiger partial charge is 0.480 e. The summed E-state index contributed by atoms with van der Waals surface area (Å²) in [6, 6.07) is 6.96. The van der Waals surface area contributed by atoms with Gasteiger partial charge in [-0.25, -0.2) is 4.79 Å². The molecule has 5 rings (SSSR count). The molecule has 1 amide bonds. The molecule has 1 unspecified atom stereocenters. The minimum atomic E-state index is -1.12. The van der Waals surface area contributed by atoms with Gasteiger partial charge in [0.25, 0.3) is 5.89 Å². The van der Waals surface area contributed by atoms with Gasteiger partial charge in [0.05, 0.1) is 0 Å². The highest BCUT2D eigenvalue weighted by molar-refractivity contribution is 6.32. The van der Waals surface area contributed by atoms with E-state index < -0.39 is 23.6 Å². The lowest BCUT2D eigenvalue weighted by Crippen LogP contribution is -2.19. The maximum Gasteiger partial charge on any atom is 0.412 e. The van der Waals surface area contributed by atoms with Crippen LogP contribution >= 0.6 is 23.2 Å². The molecule has 2 N–H and O–H groups in total. The van der Waals surface area contributed by atoms with Gasteiger partial charge < -0.3 is 23.2 Å². The molecule has 13 heteroatoms. The van der Waals surface area contributed by atoms with Crippen LogP contribution in [0.1, 0.15) is 49.0 Å². The first-order valence-electron chi connectivity index (χ1n) is 10.2. The number of hydrogen-bond donors (Lipinski definition) is 2. The number of amides is 1. The first kappa shape index (κ1) is 22.8. The van der Waals surface area contributed by atoms with E-state index in [1.807, 2.05) is 0 Å². The van der Waals surface area contributed by atoms with Gasteiger partial charge in [-0.15, -0.1) is 0 Å². The molecule has 1 aliphatic rings. The Morgan fingerprint density at radius 1 is 1.20 bits per heavy atom. The van der Waals surface area contributed by atoms with Crippen molar-refractivity contribution in [3.8, 4) is 11.8 Å². The highest BCUT2D eigenvalue weighted by Crippen LogP contribution is 2.48. The van der Waals surface area contributed by atoms with Crippen LogP contribution in [-0.4, -0.2) is 32.3 Å². The maximum atomic E-state index is 12.4. The first-order valence-corrected chi connectivity index (χ1v) is 10.9. The third kappa shape index (κ3) is 4.29. The second kappa shape index (κ2) is 8.65. The van der Waals surface area contributed by atoms with Gasteiger partial charge in [0.2, 0.25) is 17.3 Å². The predicted octanol–water partition coefficient (Wildman–Crippen LogP) is 4.94. The maximum absolute atomic E-state index is 12.4. The number of halogens is 2. The van der Waals surface area contributed by atoms with Gasteiger partial charge in [0, 0.05) is 16.5 Å². The van der Waals surface area contributed by atoms with Crippen LogP contribution in [0.25, 0.3) is 11.4 Å². The summed E-state index contributed by atoms with van der Waals surface area (Å²) in [5.74, 6) is 4.01. The van der Waals surface area contributed by atoms with E-state index in [1.54, 1.807) is 31.2 Å². The third-order valence-electron chi connectivity index (χ3n) is 5.33. The summed E-state index contributed by atoms with van der Waals surface area (Å²) >= 11 is 12.1. The fourth-order valence-electron chi connectivity index (χ4n) is 3.28. The Bertz CT molecular complexity index is 1490. The summed E-state index contributed by atoms with van der Waals surface area (Å²) in [6.07, 6.45) is -0.615. The van der Waals surface area contributed by atoms with Crippen LogP contribution in [0.5, 0.6) is 0 Å². The normalized spacial score (nSPS) is 14.7. The van der Waals surface area contributed by atoms with E-state index in [1.165, 1.54) is 0 Å². The van der Waals surface area contributed by atoms with Crippen molar-refractivity contribution in [2.45, 2.75) is 31.3 Å². The fraction of sp³-hybridized carbons (Fsp3) is 0.227. The van der Waals surface area contributed by atoms with Gasteiger partial charge >= 0.3 is 17.8 Å². The summed E-state index contributed by atoms with van der Waals surface area (Å²) in [6.45, 7) is 1.66. The van der Waals surface area contributed by atoms with Crippen LogP contribution in [0.4, 0.5) is 10.5 Å². The molecular weight excluding hydrogens is 503 g/mol. The molecule has 0 saturated heterocycles. The molecule has 3 heterocycles. The van der Waals surface area contributed by atoms with Gasteiger partial charge in [-0.2, -0.15) is 9.97 Å². The molecule has 0 spiro atoms. The minimum absolute atomic E-state index is 0.0108. The summed E-state index contributed by atoms with van der Waals surface area (Å²) in [5, 5.41) is 15.7. The van der Waals surface area contributed by atoms with Crippen molar-refractivity contribution in [1.82, 2.24) is 15.1 Å². The van der Waals surface area contributed by atoms with E-state index >= 15 is 0 Å². The number of carbonyl (C=O) groups excluding carboxylic acids is 1. The molecule has 11 nitrogen and oxygen atoms in total. The SMILES string of the molecule is CC(OC(=O)Nc1c(Cl)noc1C#Cc1nc2nc(C3(C(=O)O)CC3)oc2o1)c1ccccc1Cl. The Kier molecular flexibility index (Phi) is 5.62. The Morgan fingerprint density at radius 2 is 1.97 bits per heavy atom. The molecule has 0 bridgehead atoms. The zero-order chi connectivity index (χ0) is 24.7. The van der Waals surface area contributed by atoms with Crippen molar-refractivity contribution in [3.63, 3.8) is 0 Å². The smallest absolute Gasteiger partial charge is 0.412 e. The van der Waals surface area contributed by atoms with Crippen LogP contribution in [0.15, 0.2) is 37.6 Å². The highest BCUT2D eigenvalue weighted by atomic mass is 35.5. The molecule has 0 aliphatic heterocycles. The number of ether oxygens (including phenoxy) is 1. The molecule has 1 fully saturated rings. The van der Waals surface area contributed by atoms with Crippen LogP contribution in [-0.2, 0) is 14.9 Å². The van der Waals surface area contributed by atoms with E-state index in [4.69, 9.17) is 41.3 Å². The van der Waals surface area contributed by atoms with Crippen molar-refractivity contribution in [2.24, 2.45) is 0 Å². The van der Waals surface area contributed by atoms with Gasteiger partial charge in [-0.05, 0) is 31.8 Å². The number of fused-ring (bicyclic) bond motifs is 1. The number of hydrogen-bond acceptors (Lipinski definition) is 9. The lowest BCUT2D eigenvalue weighted by molar-refractivity contribution is -0.140. The van der Waals surface area contributed by atoms with Crippen molar-refractivity contribution in [3.05, 3.63) is 57.5 Å². The van der Waals surface area contributed by atoms with Gasteiger partial charge in [0.1, 0.15) is 17.2 Å². The number of rotatable bonds is 5. The monoisotopic (exact) mass is 516 g/mol. The predicted molar refractivity (Wildman–Crippen MR) is 120 cm³/mol. The number of carboxylic acid groups (broad SMARTS) is 1. The number of benzene rings is 1. The summed E-state index contributed by atoms with van der Waals surface area (Å²) in [4.78, 5) is 32.0. The summed E-state index contributed by atoms with van der Waals surface area (Å²) < 4.78 is 21.2. The third-order valence-corrected chi connectivity index (χ3v) is 5.93. The molecule has 1 aromatic carbocycles. The Balaban J connectivity index is 1.30. The second-order valence-electron chi connectivity index (χ2n) is 7.66. The molecular formula is C22H14Cl2N4O7. The van der Waals surface area contributed by atoms with E-state index in [0.29, 0.717) is 23.4 Å². The summed E-state index contributed by atoms with van der Waals surface area (Å²) in [5.41, 5.74) is -0.419. The lowest BCUT2D eigenvalue weighted by atomic mass is 10.1. The molecule has 0 radical (unpaired) electrons. The molecule has 3 aromatic heterocycles. The zero-order valence-corrected chi connectivity index (χ0v) is 19.3. The fourth-order valence-corrected chi connectivity index (χ4v) is 3.74. The summed E-state index contributed by atoms with van der Waals surface area (Å²) in [7, 11) is 0. The van der Waals surface area contributed by atoms with E-state index in [2.05, 4.69) is 32.3 Å². The van der Waals surface area contributed by atoms with Crippen LogP contribution in [0.2, 0.25) is 10.2 Å². The molecule has 178 valence electrons. The van der Waals surface area contributed by atoms with Crippen molar-refractivity contribution < 1.29 is 32.8 Å². The van der Waals surface area contributed by atoms with Gasteiger partial charge in [-0.3, -0.25) is 10.1 Å². The molecule has 35 heavy (non-hydrogen) atoms. The minimum Gasteiger partial charge on any atom is -0.480 e. The standard InChI is InChI=1S/C22H14Cl2N4O7/c1-10(11-4-2-3-5-12(11)23)32-21(31)26-15-13(35-28-16(15)24)6-7-14-25-17-18(33-14)34-19(27-17)22(8-9-22)20(29)30/h2-5,10H,8-9H2,1H3,(H,26,31)(H,29,30). The number of anilines is 1. The average Bonchev–Trinajstić information content (AvgIpc) is 3.25. The second-order valence-corrected chi connectivity index (χ2v) is 8.42. The van der Waals surface area contributed by atoms with Crippen molar-refractivity contribution >= 4 is 52.4 Å². The quantitative estimate of drug-likeness (QED) is 0.348. The number of carbonyl (C=O) groups is 2. The zero-order valence-electron chi connectivity index (χ0n) is 17.8. The van der Waals surface area contributed by atoms with Crippen LogP contribution < -0.4 is 5.32 Å². The number of aromatic nitrogens is 3. The number of carboxylic acids is 1. The average molecular weight is 517 g/mol. The Hall–Kier alpha value is -4.01. The molecule has 1 saturated carbocycles. The Morgan fingerprint density at radius 3 is 2.66 bits per heavy atom. The van der Waals surface area contributed by atoms with Crippen molar-refractivity contribution in [2.75, 3.05) is 5.32 Å². The molecule has 1 atom stereocenters. The van der Waals surface area contributed by atoms with E-state index in [9.17, 15) is 14.7 Å². The molecule has 1 aliphatic carbocycles. The van der Waals surface area contributed by atoms with Crippen LogP contribution in [0.3, 0.4) is 0 Å². The first-order chi connectivity index (χ1) is 16.8. The number of nitrogens with zero attached hydrogens (tertiary/aromatic N) is 3. The highest BCUT2D eigenvalue weighted by Gasteiger charge is 2.56. The van der Waals surface area contributed by atoms with Crippen molar-refractivity contribution in [1.29, 1.82) is 0 Å². The van der Waals surface area contributed by atoms with Gasteiger partial charge in [-0.1, -0.05) is 46.6 Å². The lowest BCUT2D eigenvalue weighted by Gasteiger charge is -2.15. The number of oxazole rings is 2.